The van der Waals surface area contributed by atoms with Gasteiger partial charge in [-0.25, -0.2) is 4.39 Å². The summed E-state index contributed by atoms with van der Waals surface area (Å²) in [6, 6.07) is 12.2. The molecule has 2 rings (SSSR count). The van der Waals surface area contributed by atoms with Crippen LogP contribution in [-0.4, -0.2) is 5.11 Å². The first-order chi connectivity index (χ1) is 9.61. The van der Waals surface area contributed by atoms with Crippen molar-refractivity contribution in [2.24, 2.45) is 0 Å². The molecule has 0 aliphatic rings. The molecule has 0 heterocycles. The molecular formula is C17H20FNO. The average Bonchev–Trinajstić information content (AvgIpc) is 2.41. The lowest BCUT2D eigenvalue weighted by Crippen LogP contribution is -2.08. The van der Waals surface area contributed by atoms with Gasteiger partial charge in [-0.05, 0) is 31.0 Å². The number of hydrogen-bond acceptors (Lipinski definition) is 2. The summed E-state index contributed by atoms with van der Waals surface area (Å²) >= 11 is 0. The van der Waals surface area contributed by atoms with Gasteiger partial charge in [-0.1, -0.05) is 37.6 Å². The van der Waals surface area contributed by atoms with E-state index < -0.39 is 5.82 Å². The van der Waals surface area contributed by atoms with Crippen LogP contribution in [0.1, 0.15) is 37.4 Å². The molecule has 106 valence electrons. The van der Waals surface area contributed by atoms with Crippen LogP contribution in [0.15, 0.2) is 42.5 Å². The molecule has 3 heteroatoms. The molecule has 1 atom stereocenters. The van der Waals surface area contributed by atoms with E-state index in [4.69, 9.17) is 0 Å². The van der Waals surface area contributed by atoms with Gasteiger partial charge in [0.25, 0.3) is 0 Å². The maximum Gasteiger partial charge on any atom is 0.126 e. The van der Waals surface area contributed by atoms with Gasteiger partial charge in [0.1, 0.15) is 11.6 Å². The van der Waals surface area contributed by atoms with Crippen molar-refractivity contribution in [2.45, 2.75) is 32.7 Å². The van der Waals surface area contributed by atoms with E-state index in [1.54, 1.807) is 6.07 Å². The average molecular weight is 273 g/mol. The summed E-state index contributed by atoms with van der Waals surface area (Å²) in [5.74, 6) is -0.442. The fraction of sp³-hybridized carbons (Fsp3) is 0.294. The minimum Gasteiger partial charge on any atom is -0.507 e. The highest BCUT2D eigenvalue weighted by molar-refractivity contribution is 5.53. The van der Waals surface area contributed by atoms with E-state index in [0.717, 1.165) is 24.6 Å². The van der Waals surface area contributed by atoms with Crippen LogP contribution in [0, 0.1) is 5.82 Å². The lowest BCUT2D eigenvalue weighted by molar-refractivity contribution is 0.459. The van der Waals surface area contributed by atoms with Crippen molar-refractivity contribution in [2.75, 3.05) is 5.32 Å². The fourth-order valence-corrected chi connectivity index (χ4v) is 2.34. The first-order valence-electron chi connectivity index (χ1n) is 6.94. The van der Waals surface area contributed by atoms with Crippen LogP contribution in [0.2, 0.25) is 0 Å². The van der Waals surface area contributed by atoms with Crippen LogP contribution in [0.4, 0.5) is 10.1 Å². The molecule has 0 bridgehead atoms. The van der Waals surface area contributed by atoms with Crippen molar-refractivity contribution < 1.29 is 9.50 Å². The van der Waals surface area contributed by atoms with Gasteiger partial charge in [0, 0.05) is 17.3 Å². The quantitative estimate of drug-likeness (QED) is 0.830. The number of anilines is 1. The van der Waals surface area contributed by atoms with E-state index in [2.05, 4.69) is 18.3 Å². The Balaban J connectivity index is 2.21. The Morgan fingerprint density at radius 3 is 2.65 bits per heavy atom. The van der Waals surface area contributed by atoms with Crippen LogP contribution in [0.5, 0.6) is 5.75 Å². The van der Waals surface area contributed by atoms with Gasteiger partial charge in [-0.2, -0.15) is 0 Å². The first kappa shape index (κ1) is 14.4. The normalized spacial score (nSPS) is 12.2. The number of halogens is 1. The predicted molar refractivity (Wildman–Crippen MR) is 80.5 cm³/mol. The molecule has 2 aromatic carbocycles. The lowest BCUT2D eigenvalue weighted by atomic mass is 10.0. The molecule has 1 unspecified atom stereocenters. The highest BCUT2D eigenvalue weighted by Gasteiger charge is 2.12. The number of nitrogens with one attached hydrogen (secondary N) is 1. The third-order valence-electron chi connectivity index (χ3n) is 3.37. The van der Waals surface area contributed by atoms with Crippen molar-refractivity contribution in [3.8, 4) is 5.75 Å². The second-order valence-corrected chi connectivity index (χ2v) is 4.98. The number of para-hydroxylation sites is 1. The van der Waals surface area contributed by atoms with Gasteiger partial charge in [0.05, 0.1) is 6.04 Å². The van der Waals surface area contributed by atoms with E-state index >= 15 is 0 Å². The lowest BCUT2D eigenvalue weighted by Gasteiger charge is -2.19. The zero-order valence-electron chi connectivity index (χ0n) is 11.9. The Morgan fingerprint density at radius 2 is 1.95 bits per heavy atom. The van der Waals surface area contributed by atoms with Crippen molar-refractivity contribution in [3.63, 3.8) is 0 Å². The van der Waals surface area contributed by atoms with Crippen LogP contribution in [0.25, 0.3) is 0 Å². The summed E-state index contributed by atoms with van der Waals surface area (Å²) in [6.07, 6.45) is 2.08. The molecule has 0 amide bonds. The van der Waals surface area contributed by atoms with E-state index in [1.807, 2.05) is 25.1 Å². The fourth-order valence-electron chi connectivity index (χ4n) is 2.34. The van der Waals surface area contributed by atoms with E-state index in [-0.39, 0.29) is 11.8 Å². The summed E-state index contributed by atoms with van der Waals surface area (Å²) in [4.78, 5) is 0. The van der Waals surface area contributed by atoms with Gasteiger partial charge >= 0.3 is 0 Å². The molecule has 0 radical (unpaired) electrons. The third kappa shape index (κ3) is 3.29. The molecule has 0 aliphatic carbocycles. The van der Waals surface area contributed by atoms with E-state index in [0.29, 0.717) is 5.56 Å². The van der Waals surface area contributed by atoms with Gasteiger partial charge in [0.15, 0.2) is 0 Å². The first-order valence-corrected chi connectivity index (χ1v) is 6.94. The molecule has 20 heavy (non-hydrogen) atoms. The van der Waals surface area contributed by atoms with E-state index in [1.165, 1.54) is 11.6 Å². The Labute approximate surface area is 119 Å². The SMILES string of the molecule is CCCc1ccccc1NC(C)c1ccc(F)cc1O. The molecule has 2 N–H and O–H groups in total. The summed E-state index contributed by atoms with van der Waals surface area (Å²) in [5, 5.41) is 13.2. The van der Waals surface area contributed by atoms with Crippen molar-refractivity contribution >= 4 is 5.69 Å². The van der Waals surface area contributed by atoms with Gasteiger partial charge in [0.2, 0.25) is 0 Å². The summed E-state index contributed by atoms with van der Waals surface area (Å²) in [6.45, 7) is 4.10. The number of aromatic hydroxyl groups is 1. The number of rotatable bonds is 5. The summed E-state index contributed by atoms with van der Waals surface area (Å²) in [5.41, 5.74) is 3.01. The van der Waals surface area contributed by atoms with Crippen molar-refractivity contribution in [1.29, 1.82) is 0 Å². The van der Waals surface area contributed by atoms with Gasteiger partial charge < -0.3 is 10.4 Å². The number of hydrogen-bond donors (Lipinski definition) is 2. The number of aryl methyl sites for hydroxylation is 1. The standard InChI is InChI=1S/C17H20FNO/c1-3-6-13-7-4-5-8-16(13)19-12(2)15-10-9-14(18)11-17(15)20/h4-5,7-12,19-20H,3,6H2,1-2H3. The molecule has 0 fully saturated rings. The van der Waals surface area contributed by atoms with Gasteiger partial charge in [-0.3, -0.25) is 0 Å². The Hall–Kier alpha value is -2.03. The maximum absolute atomic E-state index is 13.0. The highest BCUT2D eigenvalue weighted by Crippen LogP contribution is 2.29. The smallest absolute Gasteiger partial charge is 0.126 e. The molecule has 2 nitrogen and oxygen atoms in total. The molecule has 0 saturated carbocycles. The second-order valence-electron chi connectivity index (χ2n) is 4.98. The van der Waals surface area contributed by atoms with Crippen molar-refractivity contribution in [3.05, 3.63) is 59.4 Å². The minimum absolute atomic E-state index is 0.0158. The largest absolute Gasteiger partial charge is 0.507 e. The zero-order chi connectivity index (χ0) is 14.5. The van der Waals surface area contributed by atoms with E-state index in [9.17, 15) is 9.50 Å². The van der Waals surface area contributed by atoms with Crippen LogP contribution in [0.3, 0.4) is 0 Å². The highest BCUT2D eigenvalue weighted by atomic mass is 19.1. The van der Waals surface area contributed by atoms with Crippen LogP contribution < -0.4 is 5.32 Å². The third-order valence-corrected chi connectivity index (χ3v) is 3.37. The maximum atomic E-state index is 13.0. The number of phenols is 1. The Kier molecular flexibility index (Phi) is 4.61. The number of benzene rings is 2. The van der Waals surface area contributed by atoms with Crippen LogP contribution in [-0.2, 0) is 6.42 Å². The predicted octanol–water partition coefficient (Wildman–Crippen LogP) is 4.66. The molecule has 0 aromatic heterocycles. The summed E-state index contributed by atoms with van der Waals surface area (Å²) in [7, 11) is 0. The topological polar surface area (TPSA) is 32.3 Å². The molecule has 0 spiro atoms. The minimum atomic E-state index is -0.426. The molecular weight excluding hydrogens is 253 g/mol. The number of phenolic OH excluding ortho intramolecular Hbond substituents is 1. The molecule has 0 aliphatic heterocycles. The van der Waals surface area contributed by atoms with Crippen LogP contribution >= 0.6 is 0 Å². The monoisotopic (exact) mass is 273 g/mol. The zero-order valence-corrected chi connectivity index (χ0v) is 11.9. The van der Waals surface area contributed by atoms with Crippen molar-refractivity contribution in [1.82, 2.24) is 0 Å². The Bertz CT molecular complexity index is 583. The Morgan fingerprint density at radius 1 is 1.20 bits per heavy atom. The summed E-state index contributed by atoms with van der Waals surface area (Å²) < 4.78 is 13.0. The molecule has 0 saturated heterocycles. The van der Waals surface area contributed by atoms with Gasteiger partial charge in [-0.15, -0.1) is 0 Å². The molecule has 2 aromatic rings. The second kappa shape index (κ2) is 6.42.